The Kier molecular flexibility index (Phi) is 4.73. The van der Waals surface area contributed by atoms with Gasteiger partial charge in [-0.1, -0.05) is 24.3 Å². The van der Waals surface area contributed by atoms with Gasteiger partial charge >= 0.3 is 5.97 Å². The molecule has 7 heteroatoms. The highest BCUT2D eigenvalue weighted by Gasteiger charge is 2.17. The summed E-state index contributed by atoms with van der Waals surface area (Å²) in [5, 5.41) is 8.95. The quantitative estimate of drug-likeness (QED) is 0.841. The Bertz CT molecular complexity index is 784. The third-order valence-corrected chi connectivity index (χ3v) is 4.45. The number of rotatable bonds is 5. The Morgan fingerprint density at radius 1 is 1.14 bits per heavy atom. The lowest BCUT2D eigenvalue weighted by atomic mass is 10.0. The van der Waals surface area contributed by atoms with Crippen molar-refractivity contribution < 1.29 is 23.1 Å². The van der Waals surface area contributed by atoms with Crippen LogP contribution in [0.5, 0.6) is 11.5 Å². The van der Waals surface area contributed by atoms with Crippen LogP contribution in [-0.2, 0) is 13.8 Å². The van der Waals surface area contributed by atoms with E-state index in [2.05, 4.69) is 0 Å². The van der Waals surface area contributed by atoms with Gasteiger partial charge in [-0.2, -0.15) is 0 Å². The van der Waals surface area contributed by atoms with E-state index in [4.69, 9.17) is 20.5 Å². The molecule has 22 heavy (non-hydrogen) atoms. The largest absolute Gasteiger partial charge is 0.481 e. The molecule has 1 unspecified atom stereocenters. The van der Waals surface area contributed by atoms with E-state index in [1.807, 2.05) is 0 Å². The van der Waals surface area contributed by atoms with Gasteiger partial charge in [-0.05, 0) is 36.8 Å². The first-order chi connectivity index (χ1) is 10.3. The van der Waals surface area contributed by atoms with Crippen molar-refractivity contribution in [2.45, 2.75) is 17.7 Å². The minimum Gasteiger partial charge on any atom is -0.481 e. The zero-order valence-corrected chi connectivity index (χ0v) is 13.1. The van der Waals surface area contributed by atoms with Gasteiger partial charge in [0, 0.05) is 10.7 Å². The van der Waals surface area contributed by atoms with E-state index in [1.54, 1.807) is 43.3 Å². The van der Waals surface area contributed by atoms with Crippen LogP contribution in [0.2, 0.25) is 0 Å². The van der Waals surface area contributed by atoms with Crippen LogP contribution in [0.15, 0.2) is 53.4 Å². The summed E-state index contributed by atoms with van der Waals surface area (Å²) in [6.45, 7) is 1.58. The van der Waals surface area contributed by atoms with Crippen molar-refractivity contribution >= 4 is 25.7 Å². The molecule has 0 heterocycles. The van der Waals surface area contributed by atoms with Gasteiger partial charge in [0.1, 0.15) is 16.4 Å². The fourth-order valence-corrected chi connectivity index (χ4v) is 2.80. The number of aliphatic carboxylic acids is 1. The van der Waals surface area contributed by atoms with Crippen LogP contribution in [0.3, 0.4) is 0 Å². The first kappa shape index (κ1) is 16.3. The minimum absolute atomic E-state index is 0.108. The molecule has 0 aromatic heterocycles. The van der Waals surface area contributed by atoms with Gasteiger partial charge in [-0.15, -0.1) is 0 Å². The summed E-state index contributed by atoms with van der Waals surface area (Å²) in [5.74, 6) is -1.07. The molecule has 0 aliphatic rings. The Morgan fingerprint density at radius 3 is 2.27 bits per heavy atom. The van der Waals surface area contributed by atoms with Gasteiger partial charge in [-0.3, -0.25) is 4.79 Å². The molecular weight excluding hydrogens is 328 g/mol. The topological polar surface area (TPSA) is 80.7 Å². The summed E-state index contributed by atoms with van der Waals surface area (Å²) in [6.07, 6.45) is 0. The van der Waals surface area contributed by atoms with E-state index in [0.29, 0.717) is 11.3 Å². The smallest absolute Gasteiger partial charge is 0.310 e. The number of halogens is 1. The molecule has 0 amide bonds. The Labute approximate surface area is 132 Å². The molecule has 5 nitrogen and oxygen atoms in total. The van der Waals surface area contributed by atoms with Gasteiger partial charge in [0.2, 0.25) is 0 Å². The maximum atomic E-state index is 11.5. The zero-order valence-electron chi connectivity index (χ0n) is 11.6. The number of carbonyl (C=O) groups is 1. The molecule has 2 rings (SSSR count). The highest BCUT2D eigenvalue weighted by Crippen LogP contribution is 2.31. The van der Waals surface area contributed by atoms with Crippen molar-refractivity contribution in [1.29, 1.82) is 0 Å². The third-order valence-electron chi connectivity index (χ3n) is 3.09. The predicted molar refractivity (Wildman–Crippen MR) is 82.0 cm³/mol. The summed E-state index contributed by atoms with van der Waals surface area (Å²) in [6, 6.07) is 12.4. The van der Waals surface area contributed by atoms with Crippen molar-refractivity contribution in [2.75, 3.05) is 0 Å². The molecule has 0 aliphatic carbocycles. The van der Waals surface area contributed by atoms with Gasteiger partial charge in [0.15, 0.2) is 0 Å². The fraction of sp³-hybridized carbons (Fsp3) is 0.133. The Morgan fingerprint density at radius 2 is 1.73 bits per heavy atom. The molecule has 116 valence electrons. The Hall–Kier alpha value is -2.05. The lowest BCUT2D eigenvalue weighted by Crippen LogP contribution is -2.06. The summed E-state index contributed by atoms with van der Waals surface area (Å²) >= 11 is 0. The molecule has 1 N–H and O–H groups in total. The van der Waals surface area contributed by atoms with Crippen LogP contribution >= 0.6 is 10.7 Å². The maximum Gasteiger partial charge on any atom is 0.310 e. The number of ether oxygens (including phenoxy) is 1. The molecule has 2 aromatic carbocycles. The third kappa shape index (κ3) is 3.78. The second-order valence-corrected chi connectivity index (χ2v) is 7.15. The van der Waals surface area contributed by atoms with Crippen LogP contribution in [0.25, 0.3) is 0 Å². The Balaban J connectivity index is 2.28. The number of benzene rings is 2. The lowest BCUT2D eigenvalue weighted by molar-refractivity contribution is -0.138. The monoisotopic (exact) mass is 340 g/mol. The molecule has 2 aromatic rings. The van der Waals surface area contributed by atoms with E-state index in [0.717, 1.165) is 0 Å². The summed E-state index contributed by atoms with van der Waals surface area (Å²) in [5.41, 5.74) is 0.623. The SMILES string of the molecule is CC(C(=O)O)c1ccc(Oc2ccccc2S(=O)(=O)Cl)cc1. The van der Waals surface area contributed by atoms with Crippen LogP contribution in [-0.4, -0.2) is 19.5 Å². The second kappa shape index (κ2) is 6.37. The number of hydrogen-bond acceptors (Lipinski definition) is 4. The number of hydrogen-bond donors (Lipinski definition) is 1. The first-order valence-electron chi connectivity index (χ1n) is 6.33. The van der Waals surface area contributed by atoms with E-state index in [-0.39, 0.29) is 10.6 Å². The average molecular weight is 341 g/mol. The van der Waals surface area contributed by atoms with E-state index in [1.165, 1.54) is 12.1 Å². The highest BCUT2D eigenvalue weighted by molar-refractivity contribution is 8.13. The first-order valence-corrected chi connectivity index (χ1v) is 8.64. The molecular formula is C15H13ClO5S. The van der Waals surface area contributed by atoms with Crippen LogP contribution < -0.4 is 4.74 Å². The maximum absolute atomic E-state index is 11.5. The van der Waals surface area contributed by atoms with Crippen molar-refractivity contribution in [1.82, 2.24) is 0 Å². The number of para-hydroxylation sites is 1. The number of carboxylic acids is 1. The van der Waals surface area contributed by atoms with Crippen LogP contribution in [0, 0.1) is 0 Å². The zero-order chi connectivity index (χ0) is 16.3. The van der Waals surface area contributed by atoms with Crippen molar-refractivity contribution in [3.63, 3.8) is 0 Å². The van der Waals surface area contributed by atoms with Crippen LogP contribution in [0.1, 0.15) is 18.4 Å². The molecule has 1 atom stereocenters. The van der Waals surface area contributed by atoms with Gasteiger partial charge in [0.05, 0.1) is 5.92 Å². The van der Waals surface area contributed by atoms with E-state index in [9.17, 15) is 13.2 Å². The van der Waals surface area contributed by atoms with Gasteiger partial charge in [0.25, 0.3) is 9.05 Å². The molecule has 0 saturated heterocycles. The molecule has 0 aliphatic heterocycles. The molecule has 0 fully saturated rings. The molecule has 0 saturated carbocycles. The fourth-order valence-electron chi connectivity index (χ4n) is 1.83. The second-order valence-electron chi connectivity index (χ2n) is 4.62. The number of carboxylic acid groups (broad SMARTS) is 1. The summed E-state index contributed by atoms with van der Waals surface area (Å²) in [4.78, 5) is 10.8. The van der Waals surface area contributed by atoms with E-state index >= 15 is 0 Å². The summed E-state index contributed by atoms with van der Waals surface area (Å²) in [7, 11) is 1.44. The average Bonchev–Trinajstić information content (AvgIpc) is 2.46. The highest BCUT2D eigenvalue weighted by atomic mass is 35.7. The molecule has 0 spiro atoms. The van der Waals surface area contributed by atoms with Gasteiger partial charge in [-0.25, -0.2) is 8.42 Å². The van der Waals surface area contributed by atoms with Crippen molar-refractivity contribution in [2.24, 2.45) is 0 Å². The minimum atomic E-state index is -3.92. The van der Waals surface area contributed by atoms with Crippen molar-refractivity contribution in [3.8, 4) is 11.5 Å². The summed E-state index contributed by atoms with van der Waals surface area (Å²) < 4.78 is 28.5. The van der Waals surface area contributed by atoms with Gasteiger partial charge < -0.3 is 9.84 Å². The molecule has 0 radical (unpaired) electrons. The normalized spacial score (nSPS) is 12.6. The standard InChI is InChI=1S/C15H13ClO5S/c1-10(15(17)18)11-6-8-12(9-7-11)21-13-4-2-3-5-14(13)22(16,19)20/h2-10H,1H3,(H,17,18). The van der Waals surface area contributed by atoms with Crippen LogP contribution in [0.4, 0.5) is 0 Å². The van der Waals surface area contributed by atoms with Crippen molar-refractivity contribution in [3.05, 3.63) is 54.1 Å². The van der Waals surface area contributed by atoms with E-state index < -0.39 is 20.9 Å². The predicted octanol–water partition coefficient (Wildman–Crippen LogP) is 3.59. The lowest BCUT2D eigenvalue weighted by Gasteiger charge is -2.11. The molecule has 0 bridgehead atoms.